The molecule has 0 bridgehead atoms. The molecule has 2 rings (SSSR count). The minimum atomic E-state index is -0.244. The van der Waals surface area contributed by atoms with Gasteiger partial charge in [-0.05, 0) is 30.7 Å². The highest BCUT2D eigenvalue weighted by atomic mass is 35.5. The van der Waals surface area contributed by atoms with Crippen LogP contribution in [0.1, 0.15) is 16.8 Å². The third-order valence-corrected chi connectivity index (χ3v) is 3.31. The fourth-order valence-electron chi connectivity index (χ4n) is 1.82. The van der Waals surface area contributed by atoms with Crippen LogP contribution in [0.3, 0.4) is 0 Å². The smallest absolute Gasteiger partial charge is 0.257 e. The molecule has 22 heavy (non-hydrogen) atoms. The molecule has 1 heterocycles. The van der Waals surface area contributed by atoms with Crippen LogP contribution in [0.5, 0.6) is 0 Å². The molecule has 6 heteroatoms. The minimum absolute atomic E-state index is 0.244. The predicted octanol–water partition coefficient (Wildman–Crippen LogP) is 3.44. The first-order valence-corrected chi connectivity index (χ1v) is 7.33. The number of aromatic nitrogens is 1. The Kier molecular flexibility index (Phi) is 6.18. The number of nitrogens with one attached hydrogen (secondary N) is 2. The molecule has 0 atom stereocenters. The predicted molar refractivity (Wildman–Crippen MR) is 88.6 cm³/mol. The van der Waals surface area contributed by atoms with Crippen LogP contribution in [0.4, 0.5) is 11.5 Å². The molecular weight excluding hydrogens is 302 g/mol. The third-order valence-electron chi connectivity index (χ3n) is 2.98. The quantitative estimate of drug-likeness (QED) is 0.767. The van der Waals surface area contributed by atoms with Gasteiger partial charge in [-0.3, -0.25) is 4.79 Å². The molecule has 0 unspecified atom stereocenters. The first kappa shape index (κ1) is 16.3. The van der Waals surface area contributed by atoms with Gasteiger partial charge in [0.25, 0.3) is 5.91 Å². The fourth-order valence-corrected chi connectivity index (χ4v) is 2.01. The second-order valence-electron chi connectivity index (χ2n) is 4.64. The lowest BCUT2D eigenvalue weighted by Crippen LogP contribution is -2.13. The van der Waals surface area contributed by atoms with E-state index in [-0.39, 0.29) is 5.91 Å². The molecule has 1 aromatic carbocycles. The number of carbonyl (C=O) groups is 1. The van der Waals surface area contributed by atoms with Crippen molar-refractivity contribution in [1.82, 2.24) is 4.98 Å². The number of benzene rings is 1. The lowest BCUT2D eigenvalue weighted by atomic mass is 10.2. The molecule has 0 aliphatic heterocycles. The van der Waals surface area contributed by atoms with Gasteiger partial charge in [0.05, 0.1) is 16.3 Å². The monoisotopic (exact) mass is 319 g/mol. The zero-order valence-corrected chi connectivity index (χ0v) is 13.1. The largest absolute Gasteiger partial charge is 0.385 e. The summed E-state index contributed by atoms with van der Waals surface area (Å²) in [5.41, 5.74) is 1.05. The van der Waals surface area contributed by atoms with Gasteiger partial charge in [-0.25, -0.2) is 4.98 Å². The number of hydrogen-bond acceptors (Lipinski definition) is 4. The van der Waals surface area contributed by atoms with Gasteiger partial charge in [0, 0.05) is 26.5 Å². The zero-order chi connectivity index (χ0) is 15.8. The topological polar surface area (TPSA) is 63.2 Å². The van der Waals surface area contributed by atoms with Crippen LogP contribution in [-0.4, -0.2) is 31.2 Å². The number of pyridine rings is 1. The maximum atomic E-state index is 12.1. The fraction of sp³-hybridized carbons (Fsp3) is 0.250. The number of para-hydroxylation sites is 1. The normalized spacial score (nSPS) is 10.3. The van der Waals surface area contributed by atoms with E-state index >= 15 is 0 Å². The Morgan fingerprint density at radius 1 is 1.27 bits per heavy atom. The van der Waals surface area contributed by atoms with Crippen molar-refractivity contribution in [2.75, 3.05) is 30.9 Å². The summed E-state index contributed by atoms with van der Waals surface area (Å²) in [6, 6.07) is 10.6. The van der Waals surface area contributed by atoms with Gasteiger partial charge in [-0.2, -0.15) is 0 Å². The molecule has 0 fully saturated rings. The average molecular weight is 320 g/mol. The number of anilines is 2. The Morgan fingerprint density at radius 3 is 2.77 bits per heavy atom. The molecule has 0 saturated heterocycles. The lowest BCUT2D eigenvalue weighted by Gasteiger charge is -2.08. The number of methoxy groups -OCH3 is 1. The summed E-state index contributed by atoms with van der Waals surface area (Å²) in [6.45, 7) is 1.47. The second kappa shape index (κ2) is 8.36. The summed E-state index contributed by atoms with van der Waals surface area (Å²) < 4.78 is 4.97. The molecule has 0 aliphatic carbocycles. The summed E-state index contributed by atoms with van der Waals surface area (Å²) in [5, 5.41) is 6.42. The molecule has 0 radical (unpaired) electrons. The molecular formula is C16H18ClN3O2. The SMILES string of the molecule is COCCCNc1ccc(C(=O)Nc2ccccc2Cl)cn1. The van der Waals surface area contributed by atoms with Crippen molar-refractivity contribution in [2.45, 2.75) is 6.42 Å². The van der Waals surface area contributed by atoms with Gasteiger partial charge in [-0.1, -0.05) is 23.7 Å². The highest BCUT2D eigenvalue weighted by Crippen LogP contribution is 2.21. The summed E-state index contributed by atoms with van der Waals surface area (Å²) in [7, 11) is 1.67. The van der Waals surface area contributed by atoms with E-state index in [4.69, 9.17) is 16.3 Å². The Labute approximate surface area is 134 Å². The van der Waals surface area contributed by atoms with Gasteiger partial charge in [-0.15, -0.1) is 0 Å². The molecule has 0 saturated carbocycles. The Hall–Kier alpha value is -2.11. The van der Waals surface area contributed by atoms with E-state index in [2.05, 4.69) is 15.6 Å². The van der Waals surface area contributed by atoms with Gasteiger partial charge < -0.3 is 15.4 Å². The molecule has 0 aliphatic rings. The second-order valence-corrected chi connectivity index (χ2v) is 5.05. The minimum Gasteiger partial charge on any atom is -0.385 e. The van der Waals surface area contributed by atoms with Crippen LogP contribution >= 0.6 is 11.6 Å². The van der Waals surface area contributed by atoms with Gasteiger partial charge in [0.1, 0.15) is 5.82 Å². The van der Waals surface area contributed by atoms with Crippen molar-refractivity contribution in [2.24, 2.45) is 0 Å². The summed E-state index contributed by atoms with van der Waals surface area (Å²) in [6.07, 6.45) is 2.43. The van der Waals surface area contributed by atoms with Crippen molar-refractivity contribution in [3.63, 3.8) is 0 Å². The van der Waals surface area contributed by atoms with Gasteiger partial charge in [0.2, 0.25) is 0 Å². The average Bonchev–Trinajstić information content (AvgIpc) is 2.54. The molecule has 1 amide bonds. The molecule has 0 spiro atoms. The van der Waals surface area contributed by atoms with Gasteiger partial charge >= 0.3 is 0 Å². The summed E-state index contributed by atoms with van der Waals surface area (Å²) in [5.74, 6) is 0.483. The maximum absolute atomic E-state index is 12.1. The molecule has 1 aromatic heterocycles. The standard InChI is InChI=1S/C16H18ClN3O2/c1-22-10-4-9-18-15-8-7-12(11-19-15)16(21)20-14-6-3-2-5-13(14)17/h2-3,5-8,11H,4,9-10H2,1H3,(H,18,19)(H,20,21). The highest BCUT2D eigenvalue weighted by Gasteiger charge is 2.08. The van der Waals surface area contributed by atoms with E-state index in [1.54, 1.807) is 31.4 Å². The molecule has 2 N–H and O–H groups in total. The van der Waals surface area contributed by atoms with Crippen LogP contribution < -0.4 is 10.6 Å². The first-order valence-electron chi connectivity index (χ1n) is 6.95. The first-order chi connectivity index (χ1) is 10.7. The number of halogens is 1. The number of hydrogen-bond donors (Lipinski definition) is 2. The van der Waals surface area contributed by atoms with Crippen molar-refractivity contribution >= 4 is 29.0 Å². The van der Waals surface area contributed by atoms with Gasteiger partial charge in [0.15, 0.2) is 0 Å². The summed E-state index contributed by atoms with van der Waals surface area (Å²) in [4.78, 5) is 16.3. The molecule has 5 nitrogen and oxygen atoms in total. The van der Waals surface area contributed by atoms with Crippen molar-refractivity contribution < 1.29 is 9.53 Å². The Balaban J connectivity index is 1.92. The summed E-state index contributed by atoms with van der Waals surface area (Å²) >= 11 is 6.01. The highest BCUT2D eigenvalue weighted by molar-refractivity contribution is 6.33. The Morgan fingerprint density at radius 2 is 2.09 bits per heavy atom. The number of carbonyl (C=O) groups excluding carboxylic acids is 1. The lowest BCUT2D eigenvalue weighted by molar-refractivity contribution is 0.102. The number of amides is 1. The number of ether oxygens (including phenoxy) is 1. The van der Waals surface area contributed by atoms with Crippen LogP contribution in [-0.2, 0) is 4.74 Å². The Bertz CT molecular complexity index is 617. The molecule has 2 aromatic rings. The zero-order valence-electron chi connectivity index (χ0n) is 12.3. The van der Waals surface area contributed by atoms with Crippen LogP contribution in [0.2, 0.25) is 5.02 Å². The number of nitrogens with zero attached hydrogens (tertiary/aromatic N) is 1. The van der Waals surface area contributed by atoms with E-state index in [1.165, 1.54) is 6.20 Å². The van der Waals surface area contributed by atoms with Crippen LogP contribution in [0.25, 0.3) is 0 Å². The van der Waals surface area contributed by atoms with Crippen LogP contribution in [0.15, 0.2) is 42.6 Å². The van der Waals surface area contributed by atoms with Crippen molar-refractivity contribution in [3.8, 4) is 0 Å². The third kappa shape index (κ3) is 4.72. The van der Waals surface area contributed by atoms with E-state index < -0.39 is 0 Å². The van der Waals surface area contributed by atoms with Crippen molar-refractivity contribution in [1.29, 1.82) is 0 Å². The maximum Gasteiger partial charge on any atom is 0.257 e. The van der Waals surface area contributed by atoms with Crippen molar-refractivity contribution in [3.05, 3.63) is 53.2 Å². The molecule has 116 valence electrons. The van der Waals surface area contributed by atoms with E-state index in [0.717, 1.165) is 18.8 Å². The van der Waals surface area contributed by atoms with Crippen LogP contribution in [0, 0.1) is 0 Å². The number of rotatable bonds is 7. The van der Waals surface area contributed by atoms with E-state index in [0.29, 0.717) is 22.9 Å². The van der Waals surface area contributed by atoms with E-state index in [9.17, 15) is 4.79 Å². The van der Waals surface area contributed by atoms with E-state index in [1.807, 2.05) is 12.1 Å².